The Morgan fingerprint density at radius 2 is 1.58 bits per heavy atom. The molecule has 0 aliphatic heterocycles. The molecule has 2 aromatic rings. The van der Waals surface area contributed by atoms with Gasteiger partial charge in [0.1, 0.15) is 11.1 Å². The molecule has 2 atom stereocenters. The van der Waals surface area contributed by atoms with Gasteiger partial charge < -0.3 is 4.74 Å². The molecule has 1 aromatic heterocycles. The third-order valence-corrected chi connectivity index (χ3v) is 6.95. The summed E-state index contributed by atoms with van der Waals surface area (Å²) in [6.45, 7) is 6.20. The summed E-state index contributed by atoms with van der Waals surface area (Å²) >= 11 is 7.88. The van der Waals surface area contributed by atoms with Crippen molar-refractivity contribution in [3.05, 3.63) is 36.7 Å². The van der Waals surface area contributed by atoms with Crippen molar-refractivity contribution >= 4 is 29.3 Å². The normalized spacial score (nSPS) is 13.0. The summed E-state index contributed by atoms with van der Waals surface area (Å²) in [4.78, 5) is 21.1. The summed E-state index contributed by atoms with van der Waals surface area (Å²) in [5, 5.41) is 0.183. The van der Waals surface area contributed by atoms with Crippen LogP contribution in [0.2, 0.25) is 0 Å². The van der Waals surface area contributed by atoms with Crippen molar-refractivity contribution in [2.24, 2.45) is 5.92 Å². The minimum Gasteiger partial charge on any atom is -0.425 e. The van der Waals surface area contributed by atoms with Crippen molar-refractivity contribution in [3.63, 3.8) is 0 Å². The smallest absolute Gasteiger partial charge is 0.329 e. The van der Waals surface area contributed by atoms with Crippen LogP contribution >= 0.6 is 23.4 Å². The highest BCUT2D eigenvalue weighted by Crippen LogP contribution is 2.24. The number of thioether (sulfide) groups is 1. The number of hydrogen-bond donors (Lipinski definition) is 0. The Morgan fingerprint density at radius 3 is 2.19 bits per heavy atom. The lowest BCUT2D eigenvalue weighted by atomic mass is 10.1. The molecule has 0 N–H and O–H groups in total. The number of halogens is 1. The second kappa shape index (κ2) is 14.5. The lowest BCUT2D eigenvalue weighted by Crippen LogP contribution is -2.26. The van der Waals surface area contributed by atoms with Gasteiger partial charge in [0.2, 0.25) is 0 Å². The first-order valence-corrected chi connectivity index (χ1v) is 12.9. The SMILES string of the molecule is CCCCCCCCCSc1ncc(-c2ccc(OC(=O)[C@@H](Cl)C(C)CC)cc2)cn1. The van der Waals surface area contributed by atoms with E-state index >= 15 is 0 Å². The summed E-state index contributed by atoms with van der Waals surface area (Å²) in [5.41, 5.74) is 1.92. The number of benzene rings is 1. The topological polar surface area (TPSA) is 52.1 Å². The fourth-order valence-electron chi connectivity index (χ4n) is 3.09. The van der Waals surface area contributed by atoms with Gasteiger partial charge in [-0.3, -0.25) is 4.79 Å². The van der Waals surface area contributed by atoms with Gasteiger partial charge in [-0.1, -0.05) is 89.6 Å². The van der Waals surface area contributed by atoms with Gasteiger partial charge in [-0.2, -0.15) is 0 Å². The molecule has 0 aliphatic rings. The minimum atomic E-state index is -0.635. The molecule has 0 saturated heterocycles. The van der Waals surface area contributed by atoms with Gasteiger partial charge in [-0.15, -0.1) is 11.6 Å². The van der Waals surface area contributed by atoms with Crippen LogP contribution in [0, 0.1) is 5.92 Å². The molecule has 4 nitrogen and oxygen atoms in total. The molecule has 0 bridgehead atoms. The van der Waals surface area contributed by atoms with Crippen molar-refractivity contribution in [3.8, 4) is 16.9 Å². The van der Waals surface area contributed by atoms with Gasteiger partial charge in [0.25, 0.3) is 0 Å². The second-order valence-corrected chi connectivity index (χ2v) is 9.49. The Labute approximate surface area is 196 Å². The Kier molecular flexibility index (Phi) is 12.0. The van der Waals surface area contributed by atoms with Gasteiger partial charge in [0.15, 0.2) is 5.16 Å². The predicted octanol–water partition coefficient (Wildman–Crippen LogP) is 7.55. The number of unbranched alkanes of at least 4 members (excludes halogenated alkanes) is 6. The molecule has 0 saturated carbocycles. The van der Waals surface area contributed by atoms with Crippen LogP contribution in [0.5, 0.6) is 5.75 Å². The number of nitrogens with zero attached hydrogens (tertiary/aromatic N) is 2. The number of ether oxygens (including phenoxy) is 1. The number of esters is 1. The van der Waals surface area contributed by atoms with E-state index in [1.807, 2.05) is 38.4 Å². The molecule has 1 aromatic carbocycles. The fourth-order valence-corrected chi connectivity index (χ4v) is 4.10. The third kappa shape index (κ3) is 9.20. The largest absolute Gasteiger partial charge is 0.425 e. The highest BCUT2D eigenvalue weighted by atomic mass is 35.5. The van der Waals surface area contributed by atoms with E-state index in [4.69, 9.17) is 16.3 Å². The van der Waals surface area contributed by atoms with Gasteiger partial charge in [-0.05, 0) is 30.0 Å². The number of carbonyl (C=O) groups excluding carboxylic acids is 1. The van der Waals surface area contributed by atoms with Crippen LogP contribution in [-0.4, -0.2) is 27.1 Å². The number of carbonyl (C=O) groups is 1. The molecule has 0 spiro atoms. The Balaban J connectivity index is 1.77. The molecule has 1 unspecified atom stereocenters. The monoisotopic (exact) mass is 462 g/mol. The summed E-state index contributed by atoms with van der Waals surface area (Å²) in [6, 6.07) is 7.35. The maximum atomic E-state index is 12.1. The maximum absolute atomic E-state index is 12.1. The number of hydrogen-bond acceptors (Lipinski definition) is 5. The molecule has 170 valence electrons. The third-order valence-electron chi connectivity index (χ3n) is 5.38. The quantitative estimate of drug-likeness (QED) is 0.0724. The van der Waals surface area contributed by atoms with E-state index in [1.54, 1.807) is 23.9 Å². The lowest BCUT2D eigenvalue weighted by Gasteiger charge is -2.15. The zero-order chi connectivity index (χ0) is 22.5. The summed E-state index contributed by atoms with van der Waals surface area (Å²) in [7, 11) is 0. The standard InChI is InChI=1S/C25H35ClN2O2S/c1-4-6-7-8-9-10-11-16-31-25-27-17-21(18-28-25)20-12-14-22(15-13-20)30-24(29)23(26)19(3)5-2/h12-15,17-19,23H,4-11,16H2,1-3H3/t19?,23-/m0/s1. The maximum Gasteiger partial charge on any atom is 0.329 e. The first kappa shape index (κ1) is 25.7. The van der Waals surface area contributed by atoms with Gasteiger partial charge >= 0.3 is 5.97 Å². The van der Waals surface area contributed by atoms with Crippen molar-refractivity contribution < 1.29 is 9.53 Å². The summed E-state index contributed by atoms with van der Waals surface area (Å²) in [6.07, 6.45) is 13.7. The molecule has 0 radical (unpaired) electrons. The number of alkyl halides is 1. The van der Waals surface area contributed by atoms with Crippen molar-refractivity contribution in [1.29, 1.82) is 0 Å². The second-order valence-electron chi connectivity index (χ2n) is 7.96. The van der Waals surface area contributed by atoms with Crippen LogP contribution in [0.4, 0.5) is 0 Å². The molecule has 1 heterocycles. The van der Waals surface area contributed by atoms with Crippen molar-refractivity contribution in [1.82, 2.24) is 9.97 Å². The Morgan fingerprint density at radius 1 is 0.968 bits per heavy atom. The molecule has 0 fully saturated rings. The van der Waals surface area contributed by atoms with Crippen LogP contribution in [0.15, 0.2) is 41.8 Å². The first-order chi connectivity index (χ1) is 15.0. The van der Waals surface area contributed by atoms with Crippen LogP contribution in [-0.2, 0) is 4.79 Å². The van der Waals surface area contributed by atoms with E-state index < -0.39 is 11.3 Å². The Bertz CT molecular complexity index is 768. The van der Waals surface area contributed by atoms with E-state index in [0.717, 1.165) is 28.5 Å². The Hall–Kier alpha value is -1.59. The zero-order valence-corrected chi connectivity index (χ0v) is 20.6. The lowest BCUT2D eigenvalue weighted by molar-refractivity contribution is -0.134. The van der Waals surface area contributed by atoms with Crippen molar-refractivity contribution in [2.45, 2.75) is 82.7 Å². The first-order valence-electron chi connectivity index (χ1n) is 11.5. The fraction of sp³-hybridized carbons (Fsp3) is 0.560. The van der Waals surface area contributed by atoms with E-state index in [9.17, 15) is 4.79 Å². The molecule has 31 heavy (non-hydrogen) atoms. The van der Waals surface area contributed by atoms with Gasteiger partial charge in [0.05, 0.1) is 0 Å². The molecule has 0 aliphatic carbocycles. The molecular formula is C25H35ClN2O2S. The van der Waals surface area contributed by atoms with E-state index in [0.29, 0.717) is 5.75 Å². The summed E-state index contributed by atoms with van der Waals surface area (Å²) in [5.74, 6) is 1.22. The summed E-state index contributed by atoms with van der Waals surface area (Å²) < 4.78 is 5.40. The van der Waals surface area contributed by atoms with E-state index in [1.165, 1.54) is 44.9 Å². The highest BCUT2D eigenvalue weighted by Gasteiger charge is 2.23. The van der Waals surface area contributed by atoms with Crippen LogP contribution in [0.3, 0.4) is 0 Å². The average Bonchev–Trinajstić information content (AvgIpc) is 2.80. The highest BCUT2D eigenvalue weighted by molar-refractivity contribution is 7.99. The number of aromatic nitrogens is 2. The molecule has 0 amide bonds. The zero-order valence-electron chi connectivity index (χ0n) is 19.0. The molecule has 2 rings (SSSR count). The average molecular weight is 463 g/mol. The predicted molar refractivity (Wildman–Crippen MR) is 131 cm³/mol. The van der Waals surface area contributed by atoms with Crippen molar-refractivity contribution in [2.75, 3.05) is 5.75 Å². The molecule has 6 heteroatoms. The van der Waals surface area contributed by atoms with Crippen LogP contribution < -0.4 is 4.74 Å². The molecular weight excluding hydrogens is 428 g/mol. The van der Waals surface area contributed by atoms with Gasteiger partial charge in [0, 0.05) is 23.7 Å². The van der Waals surface area contributed by atoms with Crippen LogP contribution in [0.1, 0.15) is 72.1 Å². The van der Waals surface area contributed by atoms with Crippen LogP contribution in [0.25, 0.3) is 11.1 Å². The minimum absolute atomic E-state index is 0.0766. The van der Waals surface area contributed by atoms with E-state index in [2.05, 4.69) is 16.9 Å². The number of rotatable bonds is 14. The van der Waals surface area contributed by atoms with E-state index in [-0.39, 0.29) is 5.92 Å². The van der Waals surface area contributed by atoms with Gasteiger partial charge in [-0.25, -0.2) is 9.97 Å².